The van der Waals surface area contributed by atoms with Crippen LogP contribution in [0.3, 0.4) is 0 Å². The van der Waals surface area contributed by atoms with Crippen molar-refractivity contribution < 1.29 is 8.60 Å². The van der Waals surface area contributed by atoms with Crippen LogP contribution in [0.25, 0.3) is 0 Å². The molecular weight excluding hydrogens is 203 g/mol. The molecule has 0 saturated heterocycles. The van der Waals surface area contributed by atoms with E-state index in [1.165, 1.54) is 18.6 Å². The van der Waals surface area contributed by atoms with Crippen molar-refractivity contribution in [2.75, 3.05) is 24.9 Å². The highest BCUT2D eigenvalue weighted by Gasteiger charge is 2.06. The molecule has 0 heterocycles. The van der Waals surface area contributed by atoms with Crippen molar-refractivity contribution >= 4 is 21.1 Å². The molecule has 0 aromatic heterocycles. The van der Waals surface area contributed by atoms with Crippen molar-refractivity contribution in [3.63, 3.8) is 0 Å². The lowest BCUT2D eigenvalue weighted by Gasteiger charge is -2.04. The number of benzene rings is 1. The Bertz CT molecular complexity index is 442. The SMILES string of the molecule is CNc1cccc(N=S(C)(C)=O)c1F. The molecule has 0 bridgehead atoms. The van der Waals surface area contributed by atoms with E-state index in [2.05, 4.69) is 9.68 Å². The van der Waals surface area contributed by atoms with Crippen LogP contribution < -0.4 is 5.32 Å². The molecule has 1 aromatic rings. The van der Waals surface area contributed by atoms with Crippen LogP contribution in [0.2, 0.25) is 0 Å². The molecule has 0 aliphatic carbocycles. The summed E-state index contributed by atoms with van der Waals surface area (Å²) < 4.78 is 28.7. The van der Waals surface area contributed by atoms with Gasteiger partial charge in [-0.05, 0) is 12.1 Å². The highest BCUT2D eigenvalue weighted by molar-refractivity contribution is 7.92. The molecule has 0 saturated carbocycles. The molecule has 0 spiro atoms. The molecule has 0 atom stereocenters. The van der Waals surface area contributed by atoms with Crippen LogP contribution in [-0.2, 0) is 9.73 Å². The third-order valence-electron chi connectivity index (χ3n) is 1.57. The summed E-state index contributed by atoms with van der Waals surface area (Å²) in [6, 6.07) is 4.77. The van der Waals surface area contributed by atoms with Gasteiger partial charge in [-0.15, -0.1) is 0 Å². The summed E-state index contributed by atoms with van der Waals surface area (Å²) >= 11 is 0. The molecule has 1 N–H and O–H groups in total. The minimum atomic E-state index is -2.32. The molecule has 78 valence electrons. The fourth-order valence-corrected chi connectivity index (χ4v) is 1.63. The smallest absolute Gasteiger partial charge is 0.172 e. The maximum atomic E-state index is 13.5. The van der Waals surface area contributed by atoms with Crippen LogP contribution in [0.5, 0.6) is 0 Å². The van der Waals surface area contributed by atoms with Gasteiger partial charge in [0.2, 0.25) is 0 Å². The summed E-state index contributed by atoms with van der Waals surface area (Å²) in [4.78, 5) is 0. The monoisotopic (exact) mass is 216 g/mol. The fraction of sp³-hybridized carbons (Fsp3) is 0.333. The van der Waals surface area contributed by atoms with Gasteiger partial charge in [-0.25, -0.2) is 8.60 Å². The first-order chi connectivity index (χ1) is 6.44. The minimum Gasteiger partial charge on any atom is -0.386 e. The van der Waals surface area contributed by atoms with Crippen LogP contribution in [0, 0.1) is 5.82 Å². The zero-order valence-corrected chi connectivity index (χ0v) is 9.19. The van der Waals surface area contributed by atoms with Crippen molar-refractivity contribution in [2.24, 2.45) is 4.36 Å². The lowest BCUT2D eigenvalue weighted by molar-refractivity contribution is 0.633. The summed E-state index contributed by atoms with van der Waals surface area (Å²) in [5.74, 6) is -0.466. The number of nitrogens with one attached hydrogen (secondary N) is 1. The van der Waals surface area contributed by atoms with Gasteiger partial charge in [0.05, 0.1) is 5.69 Å². The Labute approximate surface area is 83.5 Å². The van der Waals surface area contributed by atoms with Crippen LogP contribution in [-0.4, -0.2) is 23.8 Å². The first kappa shape index (κ1) is 11.0. The normalized spacial score (nSPS) is 11.1. The van der Waals surface area contributed by atoms with E-state index in [-0.39, 0.29) is 5.69 Å². The fourth-order valence-electron chi connectivity index (χ4n) is 1.02. The maximum Gasteiger partial charge on any atom is 0.172 e. The van der Waals surface area contributed by atoms with E-state index in [0.29, 0.717) is 5.69 Å². The van der Waals surface area contributed by atoms with E-state index in [0.717, 1.165) is 0 Å². The summed E-state index contributed by atoms with van der Waals surface area (Å²) in [5.41, 5.74) is 0.488. The predicted molar refractivity (Wildman–Crippen MR) is 58.0 cm³/mol. The molecule has 0 fully saturated rings. The highest BCUT2D eigenvalue weighted by atomic mass is 32.2. The Kier molecular flexibility index (Phi) is 3.10. The molecule has 0 aliphatic rings. The minimum absolute atomic E-state index is 0.131. The molecule has 1 aromatic carbocycles. The number of anilines is 1. The summed E-state index contributed by atoms with van der Waals surface area (Å²) in [7, 11) is -0.695. The number of rotatable bonds is 2. The van der Waals surface area contributed by atoms with Crippen molar-refractivity contribution in [3.05, 3.63) is 24.0 Å². The molecule has 0 amide bonds. The predicted octanol–water partition coefficient (Wildman–Crippen LogP) is 2.23. The van der Waals surface area contributed by atoms with Crippen molar-refractivity contribution in [1.82, 2.24) is 0 Å². The van der Waals surface area contributed by atoms with Crippen LogP contribution in [0.15, 0.2) is 22.6 Å². The molecule has 14 heavy (non-hydrogen) atoms. The molecule has 0 unspecified atom stereocenters. The van der Waals surface area contributed by atoms with Crippen LogP contribution in [0.1, 0.15) is 0 Å². The van der Waals surface area contributed by atoms with Crippen LogP contribution in [0.4, 0.5) is 15.8 Å². The summed E-state index contributed by atoms with van der Waals surface area (Å²) in [6.45, 7) is 0. The van der Waals surface area contributed by atoms with Crippen molar-refractivity contribution in [2.45, 2.75) is 0 Å². The van der Waals surface area contributed by atoms with E-state index in [9.17, 15) is 8.60 Å². The van der Waals surface area contributed by atoms with Gasteiger partial charge in [-0.1, -0.05) is 6.07 Å². The van der Waals surface area contributed by atoms with Gasteiger partial charge in [0, 0.05) is 29.3 Å². The van der Waals surface area contributed by atoms with Gasteiger partial charge in [0.25, 0.3) is 0 Å². The molecule has 0 radical (unpaired) electrons. The Balaban J connectivity index is 3.31. The van der Waals surface area contributed by atoms with Gasteiger partial charge in [-0.2, -0.15) is 4.36 Å². The average Bonchev–Trinajstić information content (AvgIpc) is 2.06. The van der Waals surface area contributed by atoms with E-state index in [1.807, 2.05) is 0 Å². The lowest BCUT2D eigenvalue weighted by Crippen LogP contribution is -1.94. The lowest BCUT2D eigenvalue weighted by atomic mass is 10.2. The van der Waals surface area contributed by atoms with Crippen molar-refractivity contribution in [3.8, 4) is 0 Å². The van der Waals surface area contributed by atoms with E-state index < -0.39 is 15.5 Å². The first-order valence-corrected chi connectivity index (χ1v) is 6.40. The Morgan fingerprint density at radius 3 is 2.57 bits per heavy atom. The number of nitrogens with zero attached hydrogens (tertiary/aromatic N) is 1. The Morgan fingerprint density at radius 1 is 1.43 bits per heavy atom. The van der Waals surface area contributed by atoms with Gasteiger partial charge in [0.1, 0.15) is 5.69 Å². The van der Waals surface area contributed by atoms with Gasteiger partial charge >= 0.3 is 0 Å². The summed E-state index contributed by atoms with van der Waals surface area (Å²) in [5, 5.41) is 2.69. The molecular formula is C9H13FN2OS. The largest absolute Gasteiger partial charge is 0.386 e. The molecule has 3 nitrogen and oxygen atoms in total. The van der Waals surface area contributed by atoms with E-state index in [4.69, 9.17) is 0 Å². The number of hydrogen-bond acceptors (Lipinski definition) is 3. The Hall–Kier alpha value is -1.10. The van der Waals surface area contributed by atoms with E-state index >= 15 is 0 Å². The molecule has 1 rings (SSSR count). The Morgan fingerprint density at radius 2 is 2.07 bits per heavy atom. The number of hydrogen-bond donors (Lipinski definition) is 1. The zero-order chi connectivity index (χ0) is 10.8. The van der Waals surface area contributed by atoms with Gasteiger partial charge in [0.15, 0.2) is 5.82 Å². The maximum absolute atomic E-state index is 13.5. The molecule has 0 aliphatic heterocycles. The summed E-state index contributed by atoms with van der Waals surface area (Å²) in [6.07, 6.45) is 2.94. The topological polar surface area (TPSA) is 41.5 Å². The first-order valence-electron chi connectivity index (χ1n) is 4.07. The van der Waals surface area contributed by atoms with Gasteiger partial charge < -0.3 is 5.32 Å². The second kappa shape index (κ2) is 3.96. The standard InChI is InChI=1S/C9H13FN2OS/c1-11-7-5-4-6-8(9(7)10)12-14(2,3)13/h4-6,11H,1-3H3. The van der Waals surface area contributed by atoms with Gasteiger partial charge in [-0.3, -0.25) is 0 Å². The average molecular weight is 216 g/mol. The van der Waals surface area contributed by atoms with Crippen molar-refractivity contribution in [1.29, 1.82) is 0 Å². The third kappa shape index (κ3) is 2.70. The van der Waals surface area contributed by atoms with E-state index in [1.54, 1.807) is 19.2 Å². The second-order valence-electron chi connectivity index (χ2n) is 3.16. The molecule has 5 heteroatoms. The quantitative estimate of drug-likeness (QED) is 0.823. The zero-order valence-electron chi connectivity index (χ0n) is 8.37. The highest BCUT2D eigenvalue weighted by Crippen LogP contribution is 2.25. The third-order valence-corrected chi connectivity index (χ3v) is 2.20. The van der Waals surface area contributed by atoms with Crippen LogP contribution >= 0.6 is 0 Å². The number of halogens is 1. The second-order valence-corrected chi connectivity index (χ2v) is 5.71.